The normalized spacial score (nSPS) is 10.1. The van der Waals surface area contributed by atoms with Crippen molar-refractivity contribution in [3.8, 4) is 5.75 Å². The zero-order valence-electron chi connectivity index (χ0n) is 6.13. The summed E-state index contributed by atoms with van der Waals surface area (Å²) in [6, 6.07) is 3.65. The smallest absolute Gasteiger partial charge is 0.134 e. The first kappa shape index (κ1) is 8.80. The van der Waals surface area contributed by atoms with E-state index in [-0.39, 0.29) is 12.4 Å². The topological polar surface area (TPSA) is 40.5 Å². The van der Waals surface area contributed by atoms with Crippen LogP contribution >= 0.6 is 22.6 Å². The molecule has 0 saturated carbocycles. The maximum absolute atomic E-state index is 9.35. The molecule has 0 aliphatic heterocycles. The van der Waals surface area contributed by atoms with Gasteiger partial charge in [0.2, 0.25) is 0 Å². The quantitative estimate of drug-likeness (QED) is 0.759. The Balaban J connectivity index is 3.24. The molecule has 0 amide bonds. The van der Waals surface area contributed by atoms with Crippen molar-refractivity contribution >= 4 is 22.6 Å². The second-order valence-electron chi connectivity index (χ2n) is 2.41. The van der Waals surface area contributed by atoms with E-state index in [1.54, 1.807) is 6.07 Å². The average Bonchev–Trinajstić information content (AvgIpc) is 1.96. The molecule has 3 heteroatoms. The predicted octanol–water partition coefficient (Wildman–Crippen LogP) is 1.80. The standard InChI is InChI=1S/C8H9IO2/c1-5-2-6(4-10)8(11)7(9)3-5/h2-3,10-11H,4H2,1H3. The van der Waals surface area contributed by atoms with Crippen molar-refractivity contribution in [3.63, 3.8) is 0 Å². The van der Waals surface area contributed by atoms with E-state index >= 15 is 0 Å². The van der Waals surface area contributed by atoms with Crippen LogP contribution in [-0.4, -0.2) is 10.2 Å². The number of aryl methyl sites for hydroxylation is 1. The van der Waals surface area contributed by atoms with E-state index in [4.69, 9.17) is 5.11 Å². The van der Waals surface area contributed by atoms with Gasteiger partial charge in [-0.25, -0.2) is 0 Å². The number of hydrogen-bond donors (Lipinski definition) is 2. The van der Waals surface area contributed by atoms with Gasteiger partial charge >= 0.3 is 0 Å². The number of aromatic hydroxyl groups is 1. The van der Waals surface area contributed by atoms with Gasteiger partial charge in [0.15, 0.2) is 0 Å². The van der Waals surface area contributed by atoms with E-state index in [1.807, 2.05) is 35.6 Å². The summed E-state index contributed by atoms with van der Waals surface area (Å²) in [5.74, 6) is 0.193. The van der Waals surface area contributed by atoms with Crippen molar-refractivity contribution < 1.29 is 10.2 Å². The second kappa shape index (κ2) is 3.40. The summed E-state index contributed by atoms with van der Waals surface area (Å²) in [4.78, 5) is 0. The third-order valence-electron chi connectivity index (χ3n) is 1.46. The van der Waals surface area contributed by atoms with E-state index in [9.17, 15) is 5.11 Å². The summed E-state index contributed by atoms with van der Waals surface area (Å²) in [5, 5.41) is 18.2. The molecule has 2 nitrogen and oxygen atoms in total. The Hall–Kier alpha value is -0.290. The third kappa shape index (κ3) is 1.84. The van der Waals surface area contributed by atoms with Gasteiger partial charge in [-0.05, 0) is 41.1 Å². The van der Waals surface area contributed by atoms with Crippen molar-refractivity contribution in [2.45, 2.75) is 13.5 Å². The van der Waals surface area contributed by atoms with Crippen LogP contribution in [0.5, 0.6) is 5.75 Å². The molecule has 1 rings (SSSR count). The number of aliphatic hydroxyl groups excluding tert-OH is 1. The summed E-state index contributed by atoms with van der Waals surface area (Å²) < 4.78 is 0.784. The fourth-order valence-corrected chi connectivity index (χ4v) is 1.76. The van der Waals surface area contributed by atoms with Crippen LogP contribution in [-0.2, 0) is 6.61 Å². The summed E-state index contributed by atoms with van der Waals surface area (Å²) in [7, 11) is 0. The fraction of sp³-hybridized carbons (Fsp3) is 0.250. The molecule has 0 radical (unpaired) electrons. The molecule has 2 N–H and O–H groups in total. The Morgan fingerprint density at radius 1 is 1.45 bits per heavy atom. The van der Waals surface area contributed by atoms with Crippen LogP contribution in [0.3, 0.4) is 0 Å². The van der Waals surface area contributed by atoms with Crippen molar-refractivity contribution in [2.75, 3.05) is 0 Å². The third-order valence-corrected chi connectivity index (χ3v) is 2.28. The molecule has 1 aromatic carbocycles. The molecule has 0 unspecified atom stereocenters. The zero-order chi connectivity index (χ0) is 8.43. The Labute approximate surface area is 79.0 Å². The maximum Gasteiger partial charge on any atom is 0.134 e. The van der Waals surface area contributed by atoms with Crippen LogP contribution in [0.4, 0.5) is 0 Å². The molecule has 1 aromatic rings. The highest BCUT2D eigenvalue weighted by molar-refractivity contribution is 14.1. The van der Waals surface area contributed by atoms with Gasteiger partial charge < -0.3 is 10.2 Å². The lowest BCUT2D eigenvalue weighted by Crippen LogP contribution is -1.88. The first-order valence-electron chi connectivity index (χ1n) is 3.24. The Morgan fingerprint density at radius 3 is 2.64 bits per heavy atom. The van der Waals surface area contributed by atoms with E-state index < -0.39 is 0 Å². The zero-order valence-corrected chi connectivity index (χ0v) is 8.29. The fourth-order valence-electron chi connectivity index (χ4n) is 0.927. The minimum absolute atomic E-state index is 0.108. The lowest BCUT2D eigenvalue weighted by Gasteiger charge is -2.04. The highest BCUT2D eigenvalue weighted by Gasteiger charge is 2.04. The van der Waals surface area contributed by atoms with Gasteiger partial charge in [-0.1, -0.05) is 6.07 Å². The number of rotatable bonds is 1. The summed E-state index contributed by atoms with van der Waals surface area (Å²) >= 11 is 2.04. The van der Waals surface area contributed by atoms with Crippen LogP contribution in [0, 0.1) is 10.5 Å². The number of halogens is 1. The molecule has 0 fully saturated rings. The Morgan fingerprint density at radius 2 is 2.09 bits per heavy atom. The van der Waals surface area contributed by atoms with E-state index in [2.05, 4.69) is 0 Å². The van der Waals surface area contributed by atoms with Gasteiger partial charge in [-0.15, -0.1) is 0 Å². The van der Waals surface area contributed by atoms with Crippen molar-refractivity contribution in [3.05, 3.63) is 26.8 Å². The highest BCUT2D eigenvalue weighted by atomic mass is 127. The molecule has 60 valence electrons. The van der Waals surface area contributed by atoms with E-state index in [0.717, 1.165) is 9.13 Å². The molecule has 0 heterocycles. The molecule has 0 aliphatic rings. The predicted molar refractivity (Wildman–Crippen MR) is 51.5 cm³/mol. The van der Waals surface area contributed by atoms with Crippen molar-refractivity contribution in [1.29, 1.82) is 0 Å². The van der Waals surface area contributed by atoms with Gasteiger partial charge in [-0.3, -0.25) is 0 Å². The van der Waals surface area contributed by atoms with Crippen LogP contribution in [0.15, 0.2) is 12.1 Å². The van der Waals surface area contributed by atoms with Crippen LogP contribution in [0.1, 0.15) is 11.1 Å². The first-order chi connectivity index (χ1) is 5.15. The van der Waals surface area contributed by atoms with Crippen LogP contribution in [0.25, 0.3) is 0 Å². The lowest BCUT2D eigenvalue weighted by atomic mass is 10.1. The molecular weight excluding hydrogens is 255 g/mol. The molecule has 0 aliphatic carbocycles. The molecule has 0 atom stereocenters. The van der Waals surface area contributed by atoms with Gasteiger partial charge in [0.25, 0.3) is 0 Å². The molecule has 0 saturated heterocycles. The largest absolute Gasteiger partial charge is 0.506 e. The van der Waals surface area contributed by atoms with Gasteiger partial charge in [-0.2, -0.15) is 0 Å². The number of aliphatic hydroxyl groups is 1. The number of benzene rings is 1. The van der Waals surface area contributed by atoms with E-state index in [1.165, 1.54) is 0 Å². The SMILES string of the molecule is Cc1cc(I)c(O)c(CO)c1. The lowest BCUT2D eigenvalue weighted by molar-refractivity contribution is 0.275. The molecular formula is C8H9IO2. The molecule has 0 aromatic heterocycles. The minimum atomic E-state index is -0.108. The summed E-state index contributed by atoms with van der Waals surface area (Å²) in [6.07, 6.45) is 0. The highest BCUT2D eigenvalue weighted by Crippen LogP contribution is 2.25. The molecule has 0 bridgehead atoms. The van der Waals surface area contributed by atoms with Gasteiger partial charge in [0.05, 0.1) is 10.2 Å². The van der Waals surface area contributed by atoms with Gasteiger partial charge in [0, 0.05) is 5.56 Å². The van der Waals surface area contributed by atoms with Crippen LogP contribution < -0.4 is 0 Å². The summed E-state index contributed by atoms with van der Waals surface area (Å²) in [5.41, 5.74) is 1.64. The average molecular weight is 264 g/mol. The van der Waals surface area contributed by atoms with Gasteiger partial charge in [0.1, 0.15) is 5.75 Å². The molecule has 11 heavy (non-hydrogen) atoms. The van der Waals surface area contributed by atoms with Crippen molar-refractivity contribution in [1.82, 2.24) is 0 Å². The number of hydrogen-bond acceptors (Lipinski definition) is 2. The van der Waals surface area contributed by atoms with Crippen molar-refractivity contribution in [2.24, 2.45) is 0 Å². The maximum atomic E-state index is 9.35. The molecule has 0 spiro atoms. The minimum Gasteiger partial charge on any atom is -0.506 e. The van der Waals surface area contributed by atoms with E-state index in [0.29, 0.717) is 5.56 Å². The second-order valence-corrected chi connectivity index (χ2v) is 3.57. The first-order valence-corrected chi connectivity index (χ1v) is 4.32. The summed E-state index contributed by atoms with van der Waals surface area (Å²) in [6.45, 7) is 1.82. The number of phenols is 1. The van der Waals surface area contributed by atoms with Crippen LogP contribution in [0.2, 0.25) is 0 Å². The Bertz CT molecular complexity index is 271. The Kier molecular flexibility index (Phi) is 2.72. The monoisotopic (exact) mass is 264 g/mol.